The van der Waals surface area contributed by atoms with Crippen molar-refractivity contribution in [1.29, 1.82) is 0 Å². The number of benzene rings is 9. The Morgan fingerprint density at radius 1 is 0.485 bits per heavy atom. The zero-order valence-electron chi connectivity index (χ0n) is 36.9. The van der Waals surface area contributed by atoms with Crippen molar-refractivity contribution in [1.82, 2.24) is 4.98 Å². The van der Waals surface area contributed by atoms with Gasteiger partial charge in [0.15, 0.2) is 0 Å². The fraction of sp³-hybridized carbons (Fsp3) is 0.0833. The number of hydrogen-bond acceptors (Lipinski definition) is 8. The molecule has 0 bridgehead atoms. The zero-order chi connectivity index (χ0) is 46.2. The van der Waals surface area contributed by atoms with E-state index in [1.54, 1.807) is 11.3 Å². The predicted octanol–water partition coefficient (Wildman–Crippen LogP) is 13.7. The lowest BCUT2D eigenvalue weighted by Gasteiger charge is -2.34. The molecule has 0 unspecified atom stereocenters. The summed E-state index contributed by atoms with van der Waals surface area (Å²) in [5.41, 5.74) is 10.7. The third-order valence-corrected chi connectivity index (χ3v) is 13.9. The van der Waals surface area contributed by atoms with Crippen molar-refractivity contribution in [2.45, 2.75) is 5.41 Å². The van der Waals surface area contributed by atoms with Gasteiger partial charge in [0, 0.05) is 17.7 Å². The highest BCUT2D eigenvalue weighted by Gasteiger charge is 2.46. The molecule has 0 aliphatic heterocycles. The first-order valence-corrected chi connectivity index (χ1v) is 23.3. The van der Waals surface area contributed by atoms with Gasteiger partial charge in [0.1, 0.15) is 42.9 Å². The Kier molecular flexibility index (Phi) is 11.1. The molecule has 11 rings (SSSR count). The summed E-state index contributed by atoms with van der Waals surface area (Å²) in [6, 6.07) is 63.0. The van der Waals surface area contributed by atoms with Crippen LogP contribution in [-0.4, -0.2) is 43.4 Å². The SMILES string of the molecule is C=CC(=O)OCCOc1ccc2cc(C3(c4ccc5cc(OCCOC(=O)C=C)ccc5c4)c4ccc(-c5ccc(-c6nc7ccccc7s6)cc5)cc4-c4cc5ccccc5cc43)ccc2c1. The van der Waals surface area contributed by atoms with Crippen LogP contribution in [0.5, 0.6) is 11.5 Å². The average molecular weight is 906 g/mol. The van der Waals surface area contributed by atoms with Crippen LogP contribution in [0.3, 0.4) is 0 Å². The molecule has 9 aromatic carbocycles. The summed E-state index contributed by atoms with van der Waals surface area (Å²) in [6.45, 7) is 7.63. The summed E-state index contributed by atoms with van der Waals surface area (Å²) in [5, 5.41) is 7.52. The van der Waals surface area contributed by atoms with Crippen LogP contribution in [0, 0.1) is 0 Å². The highest BCUT2D eigenvalue weighted by atomic mass is 32.1. The Morgan fingerprint density at radius 2 is 1.00 bits per heavy atom. The molecule has 68 heavy (non-hydrogen) atoms. The average Bonchev–Trinajstić information content (AvgIpc) is 3.95. The molecule has 8 heteroatoms. The maximum atomic E-state index is 11.6. The van der Waals surface area contributed by atoms with Crippen LogP contribution in [-0.2, 0) is 24.5 Å². The number of para-hydroxylation sites is 1. The van der Waals surface area contributed by atoms with Gasteiger partial charge >= 0.3 is 11.9 Å². The molecule has 0 saturated heterocycles. The number of nitrogens with zero attached hydrogens (tertiary/aromatic N) is 1. The first-order chi connectivity index (χ1) is 33.4. The van der Waals surface area contributed by atoms with Crippen molar-refractivity contribution < 1.29 is 28.5 Å². The van der Waals surface area contributed by atoms with E-state index in [0.717, 1.165) is 77.4 Å². The number of ether oxygens (including phenoxy) is 4. The molecule has 10 aromatic rings. The van der Waals surface area contributed by atoms with Gasteiger partial charge in [-0.1, -0.05) is 122 Å². The quantitative estimate of drug-likeness (QED) is 0.0610. The molecule has 0 atom stereocenters. The van der Waals surface area contributed by atoms with E-state index in [1.807, 2.05) is 30.3 Å². The summed E-state index contributed by atoms with van der Waals surface area (Å²) in [5.74, 6) is 0.422. The van der Waals surface area contributed by atoms with E-state index < -0.39 is 17.4 Å². The van der Waals surface area contributed by atoms with Gasteiger partial charge in [-0.2, -0.15) is 0 Å². The Hall–Kier alpha value is -8.33. The van der Waals surface area contributed by atoms with Gasteiger partial charge in [0.25, 0.3) is 0 Å². The van der Waals surface area contributed by atoms with Gasteiger partial charge in [0.05, 0.1) is 15.6 Å². The van der Waals surface area contributed by atoms with Gasteiger partial charge in [-0.15, -0.1) is 11.3 Å². The van der Waals surface area contributed by atoms with Crippen molar-refractivity contribution in [3.63, 3.8) is 0 Å². The van der Waals surface area contributed by atoms with Crippen LogP contribution < -0.4 is 9.47 Å². The third kappa shape index (κ3) is 7.74. The maximum Gasteiger partial charge on any atom is 0.330 e. The van der Waals surface area contributed by atoms with E-state index in [1.165, 1.54) is 32.3 Å². The second-order valence-electron chi connectivity index (χ2n) is 16.7. The normalized spacial score (nSPS) is 12.4. The number of carbonyl (C=O) groups is 2. The molecule has 0 fully saturated rings. The highest BCUT2D eigenvalue weighted by Crippen LogP contribution is 2.58. The Bertz CT molecular complexity index is 3480. The molecule has 1 aromatic heterocycles. The fourth-order valence-electron chi connectivity index (χ4n) is 9.60. The minimum atomic E-state index is -0.722. The molecule has 1 heterocycles. The lowest BCUT2D eigenvalue weighted by atomic mass is 9.67. The van der Waals surface area contributed by atoms with Crippen LogP contribution >= 0.6 is 11.3 Å². The van der Waals surface area contributed by atoms with Crippen LogP contribution in [0.4, 0.5) is 0 Å². The molecule has 0 N–H and O–H groups in total. The summed E-state index contributed by atoms with van der Waals surface area (Å²) < 4.78 is 23.4. The lowest BCUT2D eigenvalue weighted by molar-refractivity contribution is -0.139. The van der Waals surface area contributed by atoms with Crippen LogP contribution in [0.25, 0.3) is 75.4 Å². The molecule has 1 aliphatic rings. The second kappa shape index (κ2) is 17.8. The molecule has 0 radical (unpaired) electrons. The van der Waals surface area contributed by atoms with Crippen molar-refractivity contribution >= 4 is 65.8 Å². The molecule has 330 valence electrons. The highest BCUT2D eigenvalue weighted by molar-refractivity contribution is 7.21. The number of esters is 2. The van der Waals surface area contributed by atoms with E-state index >= 15 is 0 Å². The van der Waals surface area contributed by atoms with Crippen molar-refractivity contribution in [3.8, 4) is 44.3 Å². The minimum Gasteiger partial charge on any atom is -0.490 e. The first kappa shape index (κ1) is 42.3. The van der Waals surface area contributed by atoms with E-state index in [0.29, 0.717) is 11.5 Å². The van der Waals surface area contributed by atoms with Gasteiger partial charge in [0.2, 0.25) is 0 Å². The van der Waals surface area contributed by atoms with Crippen LogP contribution in [0.2, 0.25) is 0 Å². The van der Waals surface area contributed by atoms with Gasteiger partial charge in [-0.25, -0.2) is 14.6 Å². The van der Waals surface area contributed by atoms with Crippen molar-refractivity contribution in [3.05, 3.63) is 223 Å². The van der Waals surface area contributed by atoms with Gasteiger partial charge in [-0.3, -0.25) is 0 Å². The minimum absolute atomic E-state index is 0.127. The summed E-state index contributed by atoms with van der Waals surface area (Å²) in [6.07, 6.45) is 2.29. The summed E-state index contributed by atoms with van der Waals surface area (Å²) in [7, 11) is 0. The van der Waals surface area contributed by atoms with Gasteiger partial charge in [-0.05, 0) is 144 Å². The number of fused-ring (bicyclic) bond motifs is 7. The molecule has 7 nitrogen and oxygen atoms in total. The fourth-order valence-corrected chi connectivity index (χ4v) is 10.6. The second-order valence-corrected chi connectivity index (χ2v) is 17.7. The number of hydrogen-bond donors (Lipinski definition) is 0. The van der Waals surface area contributed by atoms with Crippen LogP contribution in [0.15, 0.2) is 201 Å². The Balaban J connectivity index is 1.05. The van der Waals surface area contributed by atoms with Gasteiger partial charge < -0.3 is 18.9 Å². The van der Waals surface area contributed by atoms with E-state index in [9.17, 15) is 9.59 Å². The molecule has 1 aliphatic carbocycles. The largest absolute Gasteiger partial charge is 0.490 e. The topological polar surface area (TPSA) is 84.0 Å². The first-order valence-electron chi connectivity index (χ1n) is 22.4. The van der Waals surface area contributed by atoms with E-state index in [2.05, 4.69) is 159 Å². The monoisotopic (exact) mass is 905 g/mol. The predicted molar refractivity (Wildman–Crippen MR) is 274 cm³/mol. The third-order valence-electron chi connectivity index (χ3n) is 12.8. The summed E-state index contributed by atoms with van der Waals surface area (Å²) >= 11 is 1.71. The molecule has 0 amide bonds. The van der Waals surface area contributed by atoms with Crippen molar-refractivity contribution in [2.24, 2.45) is 0 Å². The zero-order valence-corrected chi connectivity index (χ0v) is 37.8. The number of aromatic nitrogens is 1. The Labute approximate surface area is 397 Å². The van der Waals surface area contributed by atoms with E-state index in [4.69, 9.17) is 23.9 Å². The molecular weight excluding hydrogens is 863 g/mol. The number of rotatable bonds is 14. The van der Waals surface area contributed by atoms with E-state index in [-0.39, 0.29) is 26.4 Å². The maximum absolute atomic E-state index is 11.6. The summed E-state index contributed by atoms with van der Waals surface area (Å²) in [4.78, 5) is 28.1. The number of carbonyl (C=O) groups excluding carboxylic acids is 2. The Morgan fingerprint density at radius 3 is 1.62 bits per heavy atom. The standard InChI is InChI=1S/C60H43NO6S/c1-3-57(62)66-29-27-64-49-24-19-42-31-47(22-17-44(42)33-49)60(48-23-18-45-34-50(25-20-43(45)32-48)65-28-30-67-58(63)4-2)53-26-21-46(36-51(53)52-35-40-9-5-6-10-41(40)37-54(52)60)38-13-15-39(16-14-38)59-61-55-11-7-8-12-56(55)68-59/h3-26,31-37H,1-2,27-30H2. The van der Waals surface area contributed by atoms with Crippen molar-refractivity contribution in [2.75, 3.05) is 26.4 Å². The molecule has 0 saturated carbocycles. The molecular formula is C60H43NO6S. The van der Waals surface area contributed by atoms with Crippen LogP contribution in [0.1, 0.15) is 22.3 Å². The smallest absolute Gasteiger partial charge is 0.330 e. The number of thiazole rings is 1. The lowest BCUT2D eigenvalue weighted by Crippen LogP contribution is -2.28. The molecule has 0 spiro atoms.